The molecule has 16 heavy (non-hydrogen) atoms. The molecule has 0 atom stereocenters. The molecule has 0 saturated heterocycles. The van der Waals surface area contributed by atoms with Gasteiger partial charge >= 0.3 is 0 Å². The second-order valence-electron chi connectivity index (χ2n) is 3.10. The third kappa shape index (κ3) is 1.61. The molecule has 80 valence electrons. The molecular weight excluding hydrogens is 232 g/mol. The van der Waals surface area contributed by atoms with Gasteiger partial charge < -0.3 is 0 Å². The third-order valence-corrected chi connectivity index (χ3v) is 2.57. The summed E-state index contributed by atoms with van der Waals surface area (Å²) in [4.78, 5) is 24.7. The summed E-state index contributed by atoms with van der Waals surface area (Å²) in [5.41, 5.74) is 0.648. The Bertz CT molecular complexity index is 598. The lowest BCUT2D eigenvalue weighted by Gasteiger charge is -2.01. The third-order valence-electron chi connectivity index (χ3n) is 2.15. The number of aromatic nitrogens is 1. The monoisotopic (exact) mass is 236 g/mol. The number of hydrogen-bond acceptors (Lipinski definition) is 4. The molecule has 0 saturated carbocycles. The highest BCUT2D eigenvalue weighted by Crippen LogP contribution is 2.27. The van der Waals surface area contributed by atoms with Crippen molar-refractivity contribution in [2.24, 2.45) is 0 Å². The standard InChI is InChI=1S/C10H5ClN2O3/c11-10-6(5-14)4-12-9-2-1-7(13(15)16)3-8(9)10/h1-5H. The van der Waals surface area contributed by atoms with E-state index in [0.717, 1.165) is 0 Å². The van der Waals surface area contributed by atoms with E-state index in [-0.39, 0.29) is 16.3 Å². The van der Waals surface area contributed by atoms with E-state index in [4.69, 9.17) is 11.6 Å². The van der Waals surface area contributed by atoms with Crippen molar-refractivity contribution in [2.75, 3.05) is 0 Å². The van der Waals surface area contributed by atoms with Crippen LogP contribution in [0.4, 0.5) is 5.69 Å². The predicted molar refractivity (Wildman–Crippen MR) is 58.8 cm³/mol. The van der Waals surface area contributed by atoms with E-state index in [2.05, 4.69) is 4.98 Å². The fourth-order valence-corrected chi connectivity index (χ4v) is 1.60. The van der Waals surface area contributed by atoms with Gasteiger partial charge in [-0.1, -0.05) is 11.6 Å². The van der Waals surface area contributed by atoms with Gasteiger partial charge in [-0.3, -0.25) is 19.9 Å². The van der Waals surface area contributed by atoms with Crippen LogP contribution in [0.2, 0.25) is 5.02 Å². The molecule has 1 aromatic carbocycles. The number of hydrogen-bond donors (Lipinski definition) is 0. The molecule has 2 aromatic rings. The SMILES string of the molecule is O=Cc1cnc2ccc([N+](=O)[O-])cc2c1Cl. The van der Waals surface area contributed by atoms with E-state index in [9.17, 15) is 14.9 Å². The normalized spacial score (nSPS) is 10.3. The minimum Gasteiger partial charge on any atom is -0.298 e. The summed E-state index contributed by atoms with van der Waals surface area (Å²) in [6.45, 7) is 0. The molecule has 0 aliphatic carbocycles. The van der Waals surface area contributed by atoms with Crippen molar-refractivity contribution in [3.8, 4) is 0 Å². The number of fused-ring (bicyclic) bond motifs is 1. The second kappa shape index (κ2) is 3.86. The lowest BCUT2D eigenvalue weighted by atomic mass is 10.1. The van der Waals surface area contributed by atoms with Crippen molar-refractivity contribution < 1.29 is 9.72 Å². The molecule has 0 aliphatic rings. The fraction of sp³-hybridized carbons (Fsp3) is 0. The molecule has 2 rings (SSSR count). The van der Waals surface area contributed by atoms with E-state index in [0.29, 0.717) is 17.2 Å². The van der Waals surface area contributed by atoms with Gasteiger partial charge in [0.15, 0.2) is 6.29 Å². The molecule has 1 aromatic heterocycles. The van der Waals surface area contributed by atoms with Crippen LogP contribution < -0.4 is 0 Å². The molecule has 0 amide bonds. The molecule has 0 fully saturated rings. The number of carbonyl (C=O) groups excluding carboxylic acids is 1. The Morgan fingerprint density at radius 3 is 2.81 bits per heavy atom. The molecule has 6 heteroatoms. The molecule has 0 radical (unpaired) electrons. The predicted octanol–water partition coefficient (Wildman–Crippen LogP) is 2.61. The minimum atomic E-state index is -0.524. The van der Waals surface area contributed by atoms with Crippen LogP contribution in [0.15, 0.2) is 24.4 Å². The van der Waals surface area contributed by atoms with Crippen LogP contribution in [0.25, 0.3) is 10.9 Å². The summed E-state index contributed by atoms with van der Waals surface area (Å²) in [5.74, 6) is 0. The lowest BCUT2D eigenvalue weighted by Crippen LogP contribution is -1.91. The van der Waals surface area contributed by atoms with Crippen molar-refractivity contribution >= 4 is 34.5 Å². The summed E-state index contributed by atoms with van der Waals surface area (Å²) in [7, 11) is 0. The maximum Gasteiger partial charge on any atom is 0.270 e. The number of benzene rings is 1. The highest BCUT2D eigenvalue weighted by molar-refractivity contribution is 6.37. The van der Waals surface area contributed by atoms with E-state index >= 15 is 0 Å². The lowest BCUT2D eigenvalue weighted by molar-refractivity contribution is -0.384. The fourth-order valence-electron chi connectivity index (χ4n) is 1.36. The Kier molecular flexibility index (Phi) is 2.54. The zero-order valence-electron chi connectivity index (χ0n) is 7.88. The van der Waals surface area contributed by atoms with Crippen molar-refractivity contribution in [1.82, 2.24) is 4.98 Å². The summed E-state index contributed by atoms with van der Waals surface area (Å²) in [6.07, 6.45) is 1.90. The van der Waals surface area contributed by atoms with E-state index in [1.165, 1.54) is 24.4 Å². The van der Waals surface area contributed by atoms with Gasteiger partial charge in [0, 0.05) is 23.7 Å². The van der Waals surface area contributed by atoms with Crippen LogP contribution in [0, 0.1) is 10.1 Å². The molecule has 0 bridgehead atoms. The highest BCUT2D eigenvalue weighted by atomic mass is 35.5. The van der Waals surface area contributed by atoms with Crippen LogP contribution >= 0.6 is 11.6 Å². The summed E-state index contributed by atoms with van der Waals surface area (Å²) in [6, 6.07) is 4.14. The Morgan fingerprint density at radius 1 is 1.44 bits per heavy atom. The second-order valence-corrected chi connectivity index (χ2v) is 3.48. The van der Waals surface area contributed by atoms with Crippen molar-refractivity contribution in [3.63, 3.8) is 0 Å². The van der Waals surface area contributed by atoms with Crippen molar-refractivity contribution in [3.05, 3.63) is 45.1 Å². The van der Waals surface area contributed by atoms with Crippen LogP contribution in [-0.4, -0.2) is 16.2 Å². The average Bonchev–Trinajstić information content (AvgIpc) is 2.29. The van der Waals surface area contributed by atoms with Gasteiger partial charge in [0.1, 0.15) is 0 Å². The maximum absolute atomic E-state index is 10.6. The first-order chi connectivity index (χ1) is 7.63. The number of aldehydes is 1. The largest absolute Gasteiger partial charge is 0.298 e. The Hall–Kier alpha value is -2.01. The smallest absolute Gasteiger partial charge is 0.270 e. The topological polar surface area (TPSA) is 73.1 Å². The van der Waals surface area contributed by atoms with Gasteiger partial charge in [-0.25, -0.2) is 0 Å². The van der Waals surface area contributed by atoms with Gasteiger partial charge in [0.2, 0.25) is 0 Å². The summed E-state index contributed by atoms with van der Waals surface area (Å²) in [5, 5.41) is 11.2. The molecule has 1 heterocycles. The first kappa shape index (κ1) is 10.5. The number of rotatable bonds is 2. The van der Waals surface area contributed by atoms with Crippen LogP contribution in [0.3, 0.4) is 0 Å². The number of nitro groups is 1. The zero-order valence-corrected chi connectivity index (χ0v) is 8.64. The van der Waals surface area contributed by atoms with Gasteiger partial charge in [0.25, 0.3) is 5.69 Å². The van der Waals surface area contributed by atoms with Crippen molar-refractivity contribution in [1.29, 1.82) is 0 Å². The van der Waals surface area contributed by atoms with Crippen LogP contribution in [0.1, 0.15) is 10.4 Å². The number of non-ortho nitro benzene ring substituents is 1. The molecule has 0 spiro atoms. The van der Waals surface area contributed by atoms with Crippen LogP contribution in [0.5, 0.6) is 0 Å². The molecular formula is C10H5ClN2O3. The maximum atomic E-state index is 10.6. The van der Waals surface area contributed by atoms with Gasteiger partial charge in [-0.2, -0.15) is 0 Å². The number of nitro benzene ring substituents is 1. The van der Waals surface area contributed by atoms with Crippen molar-refractivity contribution in [2.45, 2.75) is 0 Å². The number of pyridine rings is 1. The van der Waals surface area contributed by atoms with Gasteiger partial charge in [-0.05, 0) is 6.07 Å². The van der Waals surface area contributed by atoms with E-state index in [1.807, 2.05) is 0 Å². The minimum absolute atomic E-state index is 0.0840. The molecule has 0 aliphatic heterocycles. The molecule has 0 unspecified atom stereocenters. The zero-order chi connectivity index (χ0) is 11.7. The van der Waals surface area contributed by atoms with Gasteiger partial charge in [-0.15, -0.1) is 0 Å². The van der Waals surface area contributed by atoms with E-state index in [1.54, 1.807) is 0 Å². The Balaban J connectivity index is 2.79. The van der Waals surface area contributed by atoms with Crippen LogP contribution in [-0.2, 0) is 0 Å². The summed E-state index contributed by atoms with van der Waals surface area (Å²) < 4.78 is 0. The summed E-state index contributed by atoms with van der Waals surface area (Å²) >= 11 is 5.92. The number of nitrogens with zero attached hydrogens (tertiary/aromatic N) is 2. The number of halogens is 1. The quantitative estimate of drug-likeness (QED) is 0.456. The Morgan fingerprint density at radius 2 is 2.19 bits per heavy atom. The molecule has 0 N–H and O–H groups in total. The number of carbonyl (C=O) groups is 1. The Labute approximate surface area is 94.8 Å². The average molecular weight is 237 g/mol. The highest BCUT2D eigenvalue weighted by Gasteiger charge is 2.11. The van der Waals surface area contributed by atoms with E-state index < -0.39 is 4.92 Å². The first-order valence-corrected chi connectivity index (χ1v) is 4.69. The first-order valence-electron chi connectivity index (χ1n) is 4.31. The molecule has 5 nitrogen and oxygen atoms in total. The van der Waals surface area contributed by atoms with Gasteiger partial charge in [0.05, 0.1) is 21.0 Å².